The molecule has 0 unspecified atom stereocenters. The molecule has 0 saturated heterocycles. The van der Waals surface area contributed by atoms with Gasteiger partial charge in [-0.2, -0.15) is 9.97 Å². The van der Waals surface area contributed by atoms with Gasteiger partial charge in [-0.3, -0.25) is 10.1 Å². The van der Waals surface area contributed by atoms with Gasteiger partial charge in [-0.1, -0.05) is 17.7 Å². The van der Waals surface area contributed by atoms with Gasteiger partial charge in [0.05, 0.1) is 20.3 Å². The van der Waals surface area contributed by atoms with Crippen LogP contribution in [0.2, 0.25) is 0 Å². The number of anilines is 1. The molecule has 2 heterocycles. The molecule has 3 aromatic rings. The fourth-order valence-corrected chi connectivity index (χ4v) is 3.09. The third kappa shape index (κ3) is 4.31. The minimum Gasteiger partial charge on any atom is -0.481 e. The van der Waals surface area contributed by atoms with Gasteiger partial charge in [-0.25, -0.2) is 0 Å². The molecule has 0 aliphatic carbocycles. The normalized spacial score (nSPS) is 10.6. The summed E-state index contributed by atoms with van der Waals surface area (Å²) in [5.41, 5.74) is 4.84. The molecule has 7 heteroatoms. The number of furan rings is 1. The van der Waals surface area contributed by atoms with Crippen molar-refractivity contribution in [3.8, 4) is 11.8 Å². The van der Waals surface area contributed by atoms with E-state index in [0.29, 0.717) is 12.2 Å². The van der Waals surface area contributed by atoms with Crippen LogP contribution in [0.5, 0.6) is 11.8 Å². The molecular weight excluding hydrogens is 358 g/mol. The lowest BCUT2D eigenvalue weighted by atomic mass is 9.97. The Balaban J connectivity index is 1.76. The summed E-state index contributed by atoms with van der Waals surface area (Å²) in [6.45, 7) is 6.24. The zero-order chi connectivity index (χ0) is 20.3. The summed E-state index contributed by atoms with van der Waals surface area (Å²) in [7, 11) is 2.95. The average molecular weight is 381 g/mol. The first-order valence-corrected chi connectivity index (χ1v) is 8.83. The number of methoxy groups -OCH3 is 2. The number of carbonyl (C=O) groups excluding carboxylic acids is 1. The fourth-order valence-electron chi connectivity index (χ4n) is 3.09. The highest BCUT2D eigenvalue weighted by Crippen LogP contribution is 2.22. The maximum absolute atomic E-state index is 12.5. The summed E-state index contributed by atoms with van der Waals surface area (Å²) in [4.78, 5) is 20.7. The van der Waals surface area contributed by atoms with E-state index in [2.05, 4.69) is 48.2 Å². The van der Waals surface area contributed by atoms with Crippen LogP contribution in [0.3, 0.4) is 0 Å². The zero-order valence-electron chi connectivity index (χ0n) is 16.6. The van der Waals surface area contributed by atoms with Crippen molar-refractivity contribution in [2.24, 2.45) is 0 Å². The van der Waals surface area contributed by atoms with E-state index in [4.69, 9.17) is 13.9 Å². The monoisotopic (exact) mass is 381 g/mol. The Labute approximate surface area is 163 Å². The average Bonchev–Trinajstić information content (AvgIpc) is 3.13. The predicted molar refractivity (Wildman–Crippen MR) is 105 cm³/mol. The van der Waals surface area contributed by atoms with Crippen LogP contribution in [0.4, 0.5) is 5.95 Å². The molecule has 0 aliphatic heterocycles. The molecule has 28 heavy (non-hydrogen) atoms. The minimum absolute atomic E-state index is 0.0735. The molecule has 0 aliphatic rings. The van der Waals surface area contributed by atoms with Crippen LogP contribution in [0.25, 0.3) is 0 Å². The van der Waals surface area contributed by atoms with E-state index in [1.165, 1.54) is 42.5 Å². The van der Waals surface area contributed by atoms with Crippen molar-refractivity contribution in [2.75, 3.05) is 19.5 Å². The number of ether oxygens (including phenoxy) is 2. The lowest BCUT2D eigenvalue weighted by molar-refractivity contribution is 0.0994. The third-order valence-electron chi connectivity index (χ3n) is 4.40. The van der Waals surface area contributed by atoms with Crippen LogP contribution < -0.4 is 14.8 Å². The molecule has 0 fully saturated rings. The Kier molecular flexibility index (Phi) is 5.63. The van der Waals surface area contributed by atoms with Gasteiger partial charge in [0.1, 0.15) is 5.76 Å². The van der Waals surface area contributed by atoms with Crippen LogP contribution in [-0.2, 0) is 6.42 Å². The molecule has 1 aromatic carbocycles. The standard InChI is InChI=1S/C21H23N3O4/c1-12-8-13(2)16(14(3)9-12)10-15-6-7-17(28-15)20(25)24-21-22-18(26-4)11-19(23-21)27-5/h6-9,11H,10H2,1-5H3,(H,22,23,24,25). The molecule has 1 N–H and O–H groups in total. The molecule has 2 aromatic heterocycles. The SMILES string of the molecule is COc1cc(OC)nc(NC(=O)c2ccc(Cc3c(C)cc(C)cc3C)o2)n1. The number of nitrogens with zero attached hydrogens (tertiary/aromatic N) is 2. The largest absolute Gasteiger partial charge is 0.481 e. The highest BCUT2D eigenvalue weighted by atomic mass is 16.5. The summed E-state index contributed by atoms with van der Waals surface area (Å²) in [5, 5.41) is 2.60. The highest BCUT2D eigenvalue weighted by molar-refractivity contribution is 6.01. The third-order valence-corrected chi connectivity index (χ3v) is 4.40. The van der Waals surface area contributed by atoms with Crippen molar-refractivity contribution in [3.63, 3.8) is 0 Å². The summed E-state index contributed by atoms with van der Waals surface area (Å²) in [6, 6.07) is 9.26. The number of aryl methyl sites for hydroxylation is 3. The first-order valence-electron chi connectivity index (χ1n) is 8.83. The number of hydrogen-bond donors (Lipinski definition) is 1. The molecule has 0 spiro atoms. The van der Waals surface area contributed by atoms with E-state index in [-0.39, 0.29) is 23.5 Å². The van der Waals surface area contributed by atoms with Crippen molar-refractivity contribution in [1.29, 1.82) is 0 Å². The molecule has 1 amide bonds. The quantitative estimate of drug-likeness (QED) is 0.698. The maximum Gasteiger partial charge on any atom is 0.293 e. The first-order chi connectivity index (χ1) is 13.4. The van der Waals surface area contributed by atoms with Crippen LogP contribution >= 0.6 is 0 Å². The van der Waals surface area contributed by atoms with E-state index < -0.39 is 5.91 Å². The van der Waals surface area contributed by atoms with Gasteiger partial charge in [0.25, 0.3) is 5.91 Å². The van der Waals surface area contributed by atoms with E-state index >= 15 is 0 Å². The Morgan fingerprint density at radius 3 is 2.18 bits per heavy atom. The Morgan fingerprint density at radius 2 is 1.61 bits per heavy atom. The van der Waals surface area contributed by atoms with E-state index in [0.717, 1.165) is 0 Å². The van der Waals surface area contributed by atoms with E-state index in [1.807, 2.05) is 0 Å². The van der Waals surface area contributed by atoms with Gasteiger partial charge in [0.15, 0.2) is 5.76 Å². The smallest absolute Gasteiger partial charge is 0.293 e. The zero-order valence-corrected chi connectivity index (χ0v) is 16.6. The number of hydrogen-bond acceptors (Lipinski definition) is 6. The van der Waals surface area contributed by atoms with Crippen molar-refractivity contribution in [2.45, 2.75) is 27.2 Å². The van der Waals surface area contributed by atoms with Crippen molar-refractivity contribution >= 4 is 11.9 Å². The van der Waals surface area contributed by atoms with Crippen molar-refractivity contribution < 1.29 is 18.7 Å². The predicted octanol–water partition coefficient (Wildman–Crippen LogP) is 3.86. The number of carbonyl (C=O) groups is 1. The van der Waals surface area contributed by atoms with Gasteiger partial charge >= 0.3 is 0 Å². The fraction of sp³-hybridized carbons (Fsp3) is 0.286. The lowest BCUT2D eigenvalue weighted by Gasteiger charge is -2.10. The number of rotatable bonds is 6. The van der Waals surface area contributed by atoms with Crippen LogP contribution in [0.1, 0.15) is 38.6 Å². The second kappa shape index (κ2) is 8.12. The Morgan fingerprint density at radius 1 is 1.00 bits per heavy atom. The first kappa shape index (κ1) is 19.4. The molecular formula is C21H23N3O4. The van der Waals surface area contributed by atoms with Gasteiger partial charge in [-0.05, 0) is 49.6 Å². The van der Waals surface area contributed by atoms with Gasteiger partial charge in [0, 0.05) is 6.42 Å². The summed E-state index contributed by atoms with van der Waals surface area (Å²) in [6.07, 6.45) is 0.620. The van der Waals surface area contributed by atoms with Gasteiger partial charge in [-0.15, -0.1) is 0 Å². The summed E-state index contributed by atoms with van der Waals surface area (Å²) >= 11 is 0. The van der Waals surface area contributed by atoms with Crippen molar-refractivity contribution in [3.05, 3.63) is 64.1 Å². The van der Waals surface area contributed by atoms with Crippen LogP contribution in [0.15, 0.2) is 34.7 Å². The Hall–Kier alpha value is -3.35. The number of amides is 1. The molecule has 0 atom stereocenters. The lowest BCUT2D eigenvalue weighted by Crippen LogP contribution is -2.14. The van der Waals surface area contributed by atoms with E-state index in [1.54, 1.807) is 12.1 Å². The van der Waals surface area contributed by atoms with Gasteiger partial charge in [0.2, 0.25) is 17.7 Å². The summed E-state index contributed by atoms with van der Waals surface area (Å²) < 4.78 is 15.9. The maximum atomic E-state index is 12.5. The van der Waals surface area contributed by atoms with E-state index in [9.17, 15) is 4.79 Å². The molecule has 7 nitrogen and oxygen atoms in total. The molecule has 146 valence electrons. The second-order valence-corrected chi connectivity index (χ2v) is 6.55. The molecule has 0 bridgehead atoms. The number of benzene rings is 1. The summed E-state index contributed by atoms with van der Waals surface area (Å²) in [5.74, 6) is 1.09. The minimum atomic E-state index is -0.445. The Bertz CT molecular complexity index is 965. The molecule has 3 rings (SSSR count). The number of aromatic nitrogens is 2. The van der Waals surface area contributed by atoms with Crippen LogP contribution in [0, 0.1) is 20.8 Å². The number of nitrogens with one attached hydrogen (secondary N) is 1. The second-order valence-electron chi connectivity index (χ2n) is 6.55. The molecule has 0 radical (unpaired) electrons. The van der Waals surface area contributed by atoms with Crippen molar-refractivity contribution in [1.82, 2.24) is 9.97 Å². The highest BCUT2D eigenvalue weighted by Gasteiger charge is 2.16. The topological polar surface area (TPSA) is 86.5 Å². The van der Waals surface area contributed by atoms with Gasteiger partial charge < -0.3 is 13.9 Å². The van der Waals surface area contributed by atoms with Crippen LogP contribution in [-0.4, -0.2) is 30.1 Å². The molecule has 0 saturated carbocycles.